The summed E-state index contributed by atoms with van der Waals surface area (Å²) in [6.45, 7) is 0. The van der Waals surface area contributed by atoms with Gasteiger partial charge in [-0.05, 0) is 12.8 Å². The van der Waals surface area contributed by atoms with Gasteiger partial charge in [0.1, 0.15) is 0 Å². The van der Waals surface area contributed by atoms with Crippen LogP contribution < -0.4 is 0 Å². The van der Waals surface area contributed by atoms with Crippen LogP contribution in [0.2, 0.25) is 0 Å². The molecule has 1 saturated carbocycles. The first-order chi connectivity index (χ1) is 7.63. The lowest BCUT2D eigenvalue weighted by Gasteiger charge is -2.35. The van der Waals surface area contributed by atoms with Crippen LogP contribution in [-0.4, -0.2) is 26.2 Å². The fourth-order valence-corrected chi connectivity index (χ4v) is 2.28. The first-order valence-electron chi connectivity index (χ1n) is 5.20. The molecule has 5 nitrogen and oxygen atoms in total. The SMILES string of the molecule is COC(=O)C1(C(=O)OC)CCCCC1C#N. The Kier molecular flexibility index (Phi) is 3.88. The van der Waals surface area contributed by atoms with Crippen molar-refractivity contribution in [3.05, 3.63) is 0 Å². The minimum absolute atomic E-state index is 0.324. The molecule has 1 unspecified atom stereocenters. The maximum absolute atomic E-state index is 11.8. The van der Waals surface area contributed by atoms with E-state index in [1.54, 1.807) is 0 Å². The molecule has 1 atom stereocenters. The van der Waals surface area contributed by atoms with Gasteiger partial charge in [-0.2, -0.15) is 5.26 Å². The maximum atomic E-state index is 11.8. The zero-order valence-corrected chi connectivity index (χ0v) is 9.49. The number of nitriles is 1. The van der Waals surface area contributed by atoms with Crippen molar-refractivity contribution >= 4 is 11.9 Å². The summed E-state index contributed by atoms with van der Waals surface area (Å²) in [6, 6.07) is 2.02. The molecule has 0 aromatic rings. The first-order valence-corrected chi connectivity index (χ1v) is 5.20. The van der Waals surface area contributed by atoms with Crippen molar-refractivity contribution in [1.29, 1.82) is 5.26 Å². The number of methoxy groups -OCH3 is 2. The second kappa shape index (κ2) is 4.97. The standard InChI is InChI=1S/C11H15NO4/c1-15-9(13)11(10(14)16-2)6-4-3-5-8(11)7-12/h8H,3-6H2,1-2H3. The number of ether oxygens (including phenoxy) is 2. The molecule has 0 saturated heterocycles. The van der Waals surface area contributed by atoms with Crippen molar-refractivity contribution in [2.75, 3.05) is 14.2 Å². The van der Waals surface area contributed by atoms with Crippen LogP contribution in [0, 0.1) is 22.7 Å². The van der Waals surface area contributed by atoms with Crippen LogP contribution in [0.1, 0.15) is 25.7 Å². The average Bonchev–Trinajstić information content (AvgIpc) is 2.36. The molecule has 5 heteroatoms. The van der Waals surface area contributed by atoms with Crippen molar-refractivity contribution in [3.8, 4) is 6.07 Å². The lowest BCUT2D eigenvalue weighted by Crippen LogP contribution is -2.48. The van der Waals surface area contributed by atoms with E-state index < -0.39 is 23.3 Å². The number of nitrogens with zero attached hydrogens (tertiary/aromatic N) is 1. The van der Waals surface area contributed by atoms with Crippen LogP contribution in [0.15, 0.2) is 0 Å². The van der Waals surface area contributed by atoms with E-state index in [9.17, 15) is 9.59 Å². The number of carbonyl (C=O) groups excluding carboxylic acids is 2. The van der Waals surface area contributed by atoms with Crippen LogP contribution in [-0.2, 0) is 19.1 Å². The Hall–Kier alpha value is -1.57. The van der Waals surface area contributed by atoms with Crippen LogP contribution in [0.5, 0.6) is 0 Å². The topological polar surface area (TPSA) is 76.4 Å². The van der Waals surface area contributed by atoms with Gasteiger partial charge in [-0.25, -0.2) is 0 Å². The van der Waals surface area contributed by atoms with Gasteiger partial charge in [-0.3, -0.25) is 9.59 Å². The normalized spacial score (nSPS) is 22.9. The molecule has 1 rings (SSSR count). The third-order valence-corrected chi connectivity index (χ3v) is 3.16. The zero-order valence-electron chi connectivity index (χ0n) is 9.49. The van der Waals surface area contributed by atoms with E-state index >= 15 is 0 Å². The van der Waals surface area contributed by atoms with Gasteiger partial charge in [0.25, 0.3) is 0 Å². The Morgan fingerprint density at radius 3 is 2.25 bits per heavy atom. The maximum Gasteiger partial charge on any atom is 0.324 e. The van der Waals surface area contributed by atoms with E-state index in [-0.39, 0.29) is 0 Å². The summed E-state index contributed by atoms with van der Waals surface area (Å²) in [4.78, 5) is 23.6. The van der Waals surface area contributed by atoms with E-state index in [0.29, 0.717) is 12.8 Å². The predicted octanol–water partition coefficient (Wildman–Crippen LogP) is 1.03. The summed E-state index contributed by atoms with van der Waals surface area (Å²) < 4.78 is 9.31. The van der Waals surface area contributed by atoms with Crippen molar-refractivity contribution in [2.24, 2.45) is 11.3 Å². The highest BCUT2D eigenvalue weighted by Crippen LogP contribution is 2.43. The molecule has 1 aliphatic carbocycles. The highest BCUT2D eigenvalue weighted by atomic mass is 16.5. The molecule has 16 heavy (non-hydrogen) atoms. The smallest absolute Gasteiger partial charge is 0.324 e. The van der Waals surface area contributed by atoms with Crippen LogP contribution in [0.4, 0.5) is 0 Å². The Morgan fingerprint density at radius 2 is 1.81 bits per heavy atom. The van der Waals surface area contributed by atoms with Gasteiger partial charge in [0, 0.05) is 0 Å². The zero-order chi connectivity index (χ0) is 12.2. The number of carbonyl (C=O) groups is 2. The Bertz CT molecular complexity index is 315. The minimum atomic E-state index is -1.42. The van der Waals surface area contributed by atoms with Gasteiger partial charge in [-0.1, -0.05) is 12.8 Å². The molecule has 0 spiro atoms. The molecular weight excluding hydrogens is 210 g/mol. The van der Waals surface area contributed by atoms with Crippen LogP contribution in [0.25, 0.3) is 0 Å². The van der Waals surface area contributed by atoms with Gasteiger partial charge in [0.2, 0.25) is 0 Å². The van der Waals surface area contributed by atoms with Gasteiger partial charge < -0.3 is 9.47 Å². The van der Waals surface area contributed by atoms with Gasteiger partial charge in [0.05, 0.1) is 26.2 Å². The van der Waals surface area contributed by atoms with Gasteiger partial charge >= 0.3 is 11.9 Å². The van der Waals surface area contributed by atoms with E-state index in [1.165, 1.54) is 14.2 Å². The quantitative estimate of drug-likeness (QED) is 0.518. The van der Waals surface area contributed by atoms with Crippen LogP contribution >= 0.6 is 0 Å². The molecule has 0 aromatic carbocycles. The Morgan fingerprint density at radius 1 is 1.25 bits per heavy atom. The molecule has 0 heterocycles. The molecular formula is C11H15NO4. The highest BCUT2D eigenvalue weighted by Gasteiger charge is 2.55. The lowest BCUT2D eigenvalue weighted by molar-refractivity contribution is -0.174. The van der Waals surface area contributed by atoms with E-state index in [4.69, 9.17) is 5.26 Å². The van der Waals surface area contributed by atoms with E-state index in [2.05, 4.69) is 9.47 Å². The van der Waals surface area contributed by atoms with E-state index in [1.807, 2.05) is 6.07 Å². The second-order valence-electron chi connectivity index (χ2n) is 3.88. The summed E-state index contributed by atoms with van der Waals surface area (Å²) in [5.74, 6) is -1.97. The van der Waals surface area contributed by atoms with Crippen molar-refractivity contribution in [1.82, 2.24) is 0 Å². The number of rotatable bonds is 2. The van der Waals surface area contributed by atoms with Crippen LogP contribution in [0.3, 0.4) is 0 Å². The van der Waals surface area contributed by atoms with Crippen molar-refractivity contribution < 1.29 is 19.1 Å². The lowest BCUT2D eigenvalue weighted by atomic mass is 9.66. The number of hydrogen-bond donors (Lipinski definition) is 0. The summed E-state index contributed by atoms with van der Waals surface area (Å²) in [5, 5.41) is 9.05. The van der Waals surface area contributed by atoms with Crippen molar-refractivity contribution in [2.45, 2.75) is 25.7 Å². The highest BCUT2D eigenvalue weighted by molar-refractivity contribution is 6.00. The molecule has 88 valence electrons. The Labute approximate surface area is 94.3 Å². The Balaban J connectivity index is 3.15. The molecule has 0 bridgehead atoms. The van der Waals surface area contributed by atoms with Gasteiger partial charge in [-0.15, -0.1) is 0 Å². The monoisotopic (exact) mass is 225 g/mol. The molecule has 0 aromatic heterocycles. The molecule has 1 fully saturated rings. The summed E-state index contributed by atoms with van der Waals surface area (Å²) in [5.41, 5.74) is -1.42. The molecule has 0 amide bonds. The molecule has 0 radical (unpaired) electrons. The first kappa shape index (κ1) is 12.5. The average molecular weight is 225 g/mol. The summed E-state index contributed by atoms with van der Waals surface area (Å²) in [7, 11) is 2.44. The number of hydrogen-bond acceptors (Lipinski definition) is 5. The van der Waals surface area contributed by atoms with Crippen molar-refractivity contribution in [3.63, 3.8) is 0 Å². The third kappa shape index (κ3) is 1.75. The fraction of sp³-hybridized carbons (Fsp3) is 0.727. The summed E-state index contributed by atoms with van der Waals surface area (Å²) >= 11 is 0. The third-order valence-electron chi connectivity index (χ3n) is 3.16. The second-order valence-corrected chi connectivity index (χ2v) is 3.88. The largest absolute Gasteiger partial charge is 0.468 e. The molecule has 0 aliphatic heterocycles. The molecule has 0 N–H and O–H groups in total. The molecule has 1 aliphatic rings. The number of esters is 2. The minimum Gasteiger partial charge on any atom is -0.468 e. The van der Waals surface area contributed by atoms with E-state index in [0.717, 1.165) is 12.8 Å². The summed E-state index contributed by atoms with van der Waals surface area (Å²) in [6.07, 6.45) is 2.42. The van der Waals surface area contributed by atoms with Gasteiger partial charge in [0.15, 0.2) is 5.41 Å². The predicted molar refractivity (Wildman–Crippen MR) is 54.0 cm³/mol. The fourth-order valence-electron chi connectivity index (χ4n) is 2.28.